The van der Waals surface area contributed by atoms with Crippen molar-refractivity contribution in [2.75, 3.05) is 5.32 Å². The minimum absolute atomic E-state index is 0.207. The Kier molecular flexibility index (Phi) is 4.57. The molecular weight excluding hydrogens is 342 g/mol. The summed E-state index contributed by atoms with van der Waals surface area (Å²) in [5, 5.41) is 3.01. The summed E-state index contributed by atoms with van der Waals surface area (Å²) in [4.78, 5) is 11.1. The number of hydrogen-bond acceptors (Lipinski definition) is 2. The van der Waals surface area contributed by atoms with E-state index in [4.69, 9.17) is 5.73 Å². The van der Waals surface area contributed by atoms with Crippen LogP contribution >= 0.6 is 15.9 Å². The molecule has 0 saturated heterocycles. The van der Waals surface area contributed by atoms with Gasteiger partial charge in [-0.3, -0.25) is 4.79 Å². The normalized spacial score (nSPS) is 12.0. The first-order chi connectivity index (χ1) is 9.88. The van der Waals surface area contributed by atoms with Crippen LogP contribution in [-0.2, 0) is 0 Å². The van der Waals surface area contributed by atoms with E-state index in [1.165, 1.54) is 18.2 Å². The highest BCUT2D eigenvalue weighted by atomic mass is 79.9. The Morgan fingerprint density at radius 2 is 1.86 bits per heavy atom. The number of halogens is 3. The first-order valence-electron chi connectivity index (χ1n) is 6.19. The molecule has 21 heavy (non-hydrogen) atoms. The molecule has 2 rings (SSSR count). The van der Waals surface area contributed by atoms with Crippen LogP contribution in [0.25, 0.3) is 0 Å². The van der Waals surface area contributed by atoms with Crippen LogP contribution in [0.3, 0.4) is 0 Å². The molecule has 3 N–H and O–H groups in total. The van der Waals surface area contributed by atoms with E-state index in [9.17, 15) is 13.6 Å². The Hall–Kier alpha value is -1.95. The highest BCUT2D eigenvalue weighted by Crippen LogP contribution is 2.25. The second-order valence-corrected chi connectivity index (χ2v) is 5.51. The van der Waals surface area contributed by atoms with E-state index >= 15 is 0 Å². The summed E-state index contributed by atoms with van der Waals surface area (Å²) in [5.74, 6) is -1.89. The lowest BCUT2D eigenvalue weighted by Gasteiger charge is -2.17. The average molecular weight is 355 g/mol. The van der Waals surface area contributed by atoms with Gasteiger partial charge in [0, 0.05) is 15.7 Å². The van der Waals surface area contributed by atoms with Crippen LogP contribution in [0.5, 0.6) is 0 Å². The van der Waals surface area contributed by atoms with E-state index in [0.717, 1.165) is 10.5 Å². The van der Waals surface area contributed by atoms with E-state index in [-0.39, 0.29) is 17.4 Å². The van der Waals surface area contributed by atoms with E-state index in [1.807, 2.05) is 0 Å². The lowest BCUT2D eigenvalue weighted by atomic mass is 10.1. The van der Waals surface area contributed by atoms with Crippen molar-refractivity contribution >= 4 is 27.5 Å². The Balaban J connectivity index is 2.27. The monoisotopic (exact) mass is 354 g/mol. The van der Waals surface area contributed by atoms with Crippen molar-refractivity contribution in [1.82, 2.24) is 0 Å². The largest absolute Gasteiger partial charge is 0.378 e. The van der Waals surface area contributed by atoms with Gasteiger partial charge in [0.1, 0.15) is 11.6 Å². The van der Waals surface area contributed by atoms with Crippen LogP contribution in [-0.4, -0.2) is 5.91 Å². The molecule has 0 radical (unpaired) electrons. The number of carbonyl (C=O) groups is 1. The maximum absolute atomic E-state index is 13.8. The van der Waals surface area contributed by atoms with Gasteiger partial charge >= 0.3 is 0 Å². The SMILES string of the molecule is CC(Nc1ccc(F)c(C(N)=O)c1)c1cc(Br)ccc1F. The van der Waals surface area contributed by atoms with E-state index in [2.05, 4.69) is 21.2 Å². The highest BCUT2D eigenvalue weighted by Gasteiger charge is 2.14. The smallest absolute Gasteiger partial charge is 0.251 e. The Morgan fingerprint density at radius 3 is 2.52 bits per heavy atom. The summed E-state index contributed by atoms with van der Waals surface area (Å²) in [6.07, 6.45) is 0. The maximum atomic E-state index is 13.8. The summed E-state index contributed by atoms with van der Waals surface area (Å²) in [7, 11) is 0. The third-order valence-electron chi connectivity index (χ3n) is 3.04. The predicted molar refractivity (Wildman–Crippen MR) is 81.1 cm³/mol. The van der Waals surface area contributed by atoms with Crippen LogP contribution in [0.1, 0.15) is 28.9 Å². The molecule has 0 heterocycles. The van der Waals surface area contributed by atoms with Gasteiger partial charge in [0.25, 0.3) is 5.91 Å². The van der Waals surface area contributed by atoms with Crippen LogP contribution in [0.2, 0.25) is 0 Å². The van der Waals surface area contributed by atoms with Crippen molar-refractivity contribution in [3.8, 4) is 0 Å². The molecule has 0 fully saturated rings. The van der Waals surface area contributed by atoms with E-state index in [0.29, 0.717) is 11.3 Å². The molecule has 1 atom stereocenters. The molecule has 0 saturated carbocycles. The van der Waals surface area contributed by atoms with Crippen molar-refractivity contribution < 1.29 is 13.6 Å². The van der Waals surface area contributed by atoms with Crippen molar-refractivity contribution in [1.29, 1.82) is 0 Å². The van der Waals surface area contributed by atoms with Gasteiger partial charge < -0.3 is 11.1 Å². The van der Waals surface area contributed by atoms with Crippen molar-refractivity contribution in [3.63, 3.8) is 0 Å². The lowest BCUT2D eigenvalue weighted by Crippen LogP contribution is -2.14. The molecule has 0 bridgehead atoms. The molecule has 0 aliphatic rings. The standard InChI is InChI=1S/C15H13BrF2N2O/c1-8(11-6-9(16)2-4-13(11)17)20-10-3-5-14(18)12(7-10)15(19)21/h2-8,20H,1H3,(H2,19,21). The van der Waals surface area contributed by atoms with E-state index < -0.39 is 11.7 Å². The molecule has 0 aliphatic heterocycles. The van der Waals surface area contributed by atoms with Gasteiger partial charge in [-0.15, -0.1) is 0 Å². The van der Waals surface area contributed by atoms with Gasteiger partial charge in [0.05, 0.1) is 11.6 Å². The average Bonchev–Trinajstić information content (AvgIpc) is 2.43. The van der Waals surface area contributed by atoms with Crippen LogP contribution in [0.4, 0.5) is 14.5 Å². The molecular formula is C15H13BrF2N2O. The molecule has 2 aromatic carbocycles. The fourth-order valence-electron chi connectivity index (χ4n) is 1.98. The third-order valence-corrected chi connectivity index (χ3v) is 3.53. The van der Waals surface area contributed by atoms with E-state index in [1.54, 1.807) is 19.1 Å². The number of hydrogen-bond donors (Lipinski definition) is 2. The molecule has 0 aliphatic carbocycles. The summed E-state index contributed by atoms with van der Waals surface area (Å²) < 4.78 is 28.0. The number of anilines is 1. The number of primary amides is 1. The van der Waals surface area contributed by atoms with Gasteiger partial charge in [-0.05, 0) is 43.3 Å². The fraction of sp³-hybridized carbons (Fsp3) is 0.133. The molecule has 110 valence electrons. The summed E-state index contributed by atoms with van der Waals surface area (Å²) in [6, 6.07) is 8.18. The molecule has 3 nitrogen and oxygen atoms in total. The fourth-order valence-corrected chi connectivity index (χ4v) is 2.36. The van der Waals surface area contributed by atoms with Crippen LogP contribution < -0.4 is 11.1 Å². The number of rotatable bonds is 4. The van der Waals surface area contributed by atoms with Crippen LogP contribution in [0, 0.1) is 11.6 Å². The molecule has 1 unspecified atom stereocenters. The van der Waals surface area contributed by atoms with Gasteiger partial charge in [0.15, 0.2) is 0 Å². The van der Waals surface area contributed by atoms with Gasteiger partial charge in [-0.1, -0.05) is 15.9 Å². The first kappa shape index (κ1) is 15.4. The molecule has 1 amide bonds. The zero-order valence-electron chi connectivity index (χ0n) is 11.2. The van der Waals surface area contributed by atoms with Gasteiger partial charge in [0.2, 0.25) is 0 Å². The second kappa shape index (κ2) is 6.22. The third kappa shape index (κ3) is 3.58. The Bertz CT molecular complexity index is 691. The second-order valence-electron chi connectivity index (χ2n) is 4.59. The summed E-state index contributed by atoms with van der Waals surface area (Å²) in [6.45, 7) is 1.76. The number of carbonyl (C=O) groups excluding carboxylic acids is 1. The Labute approximate surface area is 129 Å². The highest BCUT2D eigenvalue weighted by molar-refractivity contribution is 9.10. The zero-order chi connectivity index (χ0) is 15.6. The lowest BCUT2D eigenvalue weighted by molar-refractivity contribution is 0.0996. The minimum Gasteiger partial charge on any atom is -0.378 e. The molecule has 0 aromatic heterocycles. The summed E-state index contributed by atoms with van der Waals surface area (Å²) in [5.41, 5.74) is 5.83. The minimum atomic E-state index is -0.850. The molecule has 2 aromatic rings. The first-order valence-corrected chi connectivity index (χ1v) is 6.98. The topological polar surface area (TPSA) is 55.1 Å². The molecule has 0 spiro atoms. The predicted octanol–water partition coefficient (Wildman–Crippen LogP) is 4.00. The Morgan fingerprint density at radius 1 is 1.19 bits per heavy atom. The van der Waals surface area contributed by atoms with Crippen LogP contribution in [0.15, 0.2) is 40.9 Å². The maximum Gasteiger partial charge on any atom is 0.251 e. The van der Waals surface area contributed by atoms with Gasteiger partial charge in [-0.2, -0.15) is 0 Å². The number of amides is 1. The number of nitrogens with two attached hydrogens (primary N) is 1. The number of nitrogens with one attached hydrogen (secondary N) is 1. The van der Waals surface area contributed by atoms with Crippen molar-refractivity contribution in [2.45, 2.75) is 13.0 Å². The van der Waals surface area contributed by atoms with Crippen molar-refractivity contribution in [3.05, 3.63) is 63.6 Å². The number of benzene rings is 2. The summed E-state index contributed by atoms with van der Waals surface area (Å²) >= 11 is 3.29. The van der Waals surface area contributed by atoms with Crippen molar-refractivity contribution in [2.24, 2.45) is 5.73 Å². The quantitative estimate of drug-likeness (QED) is 0.871. The van der Waals surface area contributed by atoms with Gasteiger partial charge in [-0.25, -0.2) is 8.78 Å². The zero-order valence-corrected chi connectivity index (χ0v) is 12.7. The molecule has 6 heteroatoms.